The minimum Gasteiger partial charge on any atom is -0.508 e. The number of aryl methyl sites for hydroxylation is 3. The monoisotopic (exact) mass is 553 g/mol. The van der Waals surface area contributed by atoms with Gasteiger partial charge in [0.05, 0.1) is 0 Å². The van der Waals surface area contributed by atoms with Crippen LogP contribution in [0.2, 0.25) is 0 Å². The summed E-state index contributed by atoms with van der Waals surface area (Å²) in [5.74, 6) is -0.655. The molecule has 0 aromatic heterocycles. The zero-order valence-electron chi connectivity index (χ0n) is 25.4. The first-order valence-electron chi connectivity index (χ1n) is 14.2. The standard InChI is InChI=1S/C32H47N3O5/c1-9-10-11-12-13-19-35(30(38)24(5)33-31(39)40-32(6,7)8)28(25-17-18-26(36)23(4)20-25)29(37)34-27-21(2)15-14-16-22(27)3/h14-18,20,24,28,36H,9-13,19H2,1-8H3,(H,33,39)(H,34,37). The number of nitrogens with zero attached hydrogens (tertiary/aromatic N) is 1. The van der Waals surface area contributed by atoms with Gasteiger partial charge in [0.15, 0.2) is 0 Å². The van der Waals surface area contributed by atoms with Gasteiger partial charge in [0.1, 0.15) is 23.4 Å². The lowest BCUT2D eigenvalue weighted by molar-refractivity contribution is -0.140. The lowest BCUT2D eigenvalue weighted by Gasteiger charge is -2.34. The van der Waals surface area contributed by atoms with Gasteiger partial charge in [-0.3, -0.25) is 9.59 Å². The van der Waals surface area contributed by atoms with Gasteiger partial charge in [-0.1, -0.05) is 56.9 Å². The van der Waals surface area contributed by atoms with Crippen molar-refractivity contribution < 1.29 is 24.2 Å². The smallest absolute Gasteiger partial charge is 0.408 e. The van der Waals surface area contributed by atoms with Crippen molar-refractivity contribution in [2.45, 2.75) is 105 Å². The Morgan fingerprint density at radius 2 is 1.57 bits per heavy atom. The number of amides is 3. The second kappa shape index (κ2) is 14.7. The number of ether oxygens (including phenoxy) is 1. The van der Waals surface area contributed by atoms with Crippen molar-refractivity contribution in [2.24, 2.45) is 0 Å². The molecule has 0 fully saturated rings. The van der Waals surface area contributed by atoms with Gasteiger partial charge in [-0.25, -0.2) is 4.79 Å². The summed E-state index contributed by atoms with van der Waals surface area (Å²) in [6.45, 7) is 14.9. The maximum atomic E-state index is 14.0. The number of unbranched alkanes of at least 4 members (excludes halogenated alkanes) is 4. The third-order valence-electron chi connectivity index (χ3n) is 6.72. The number of phenolic OH excluding ortho intramolecular Hbond substituents is 1. The highest BCUT2D eigenvalue weighted by Crippen LogP contribution is 2.30. The first-order chi connectivity index (χ1) is 18.7. The van der Waals surface area contributed by atoms with Crippen molar-refractivity contribution in [2.75, 3.05) is 11.9 Å². The Kier molecular flexibility index (Phi) is 12.0. The quantitative estimate of drug-likeness (QED) is 0.253. The van der Waals surface area contributed by atoms with Crippen LogP contribution in [0.25, 0.3) is 0 Å². The summed E-state index contributed by atoms with van der Waals surface area (Å²) >= 11 is 0. The number of aromatic hydroxyl groups is 1. The number of benzene rings is 2. The third-order valence-corrected chi connectivity index (χ3v) is 6.72. The highest BCUT2D eigenvalue weighted by atomic mass is 16.6. The van der Waals surface area contributed by atoms with Crippen LogP contribution in [-0.4, -0.2) is 46.1 Å². The van der Waals surface area contributed by atoms with Crippen LogP contribution in [0.5, 0.6) is 5.75 Å². The molecule has 0 aliphatic heterocycles. The van der Waals surface area contributed by atoms with Crippen molar-refractivity contribution >= 4 is 23.6 Å². The molecule has 0 spiro atoms. The Labute approximate surface area is 239 Å². The Morgan fingerprint density at radius 1 is 0.950 bits per heavy atom. The number of carbonyl (C=O) groups is 3. The maximum absolute atomic E-state index is 14.0. The zero-order chi connectivity index (χ0) is 30.0. The van der Waals surface area contributed by atoms with E-state index in [0.717, 1.165) is 36.8 Å². The molecule has 8 heteroatoms. The molecule has 0 heterocycles. The normalized spacial score (nSPS) is 12.8. The van der Waals surface area contributed by atoms with Crippen LogP contribution in [-0.2, 0) is 14.3 Å². The Hall–Kier alpha value is -3.55. The summed E-state index contributed by atoms with van der Waals surface area (Å²) in [7, 11) is 0. The second-order valence-corrected chi connectivity index (χ2v) is 11.5. The lowest BCUT2D eigenvalue weighted by atomic mass is 9.99. The second-order valence-electron chi connectivity index (χ2n) is 11.5. The van der Waals surface area contributed by atoms with Crippen LogP contribution in [0.4, 0.5) is 10.5 Å². The first-order valence-corrected chi connectivity index (χ1v) is 14.2. The van der Waals surface area contributed by atoms with E-state index in [0.29, 0.717) is 29.8 Å². The Bertz CT molecular complexity index is 1150. The van der Waals surface area contributed by atoms with Crippen LogP contribution < -0.4 is 10.6 Å². The van der Waals surface area contributed by atoms with Gasteiger partial charge in [0, 0.05) is 12.2 Å². The number of alkyl carbamates (subject to hydrolysis) is 1. The number of phenols is 1. The average Bonchev–Trinajstić information content (AvgIpc) is 2.85. The number of hydrogen-bond donors (Lipinski definition) is 3. The molecular formula is C32H47N3O5. The molecular weight excluding hydrogens is 506 g/mol. The van der Waals surface area contributed by atoms with E-state index in [9.17, 15) is 19.5 Å². The molecule has 2 unspecified atom stereocenters. The number of carbonyl (C=O) groups excluding carboxylic acids is 3. The highest BCUT2D eigenvalue weighted by Gasteiger charge is 2.35. The predicted molar refractivity (Wildman–Crippen MR) is 159 cm³/mol. The van der Waals surface area contributed by atoms with E-state index < -0.39 is 29.7 Å². The van der Waals surface area contributed by atoms with Crippen LogP contribution in [0.3, 0.4) is 0 Å². The van der Waals surface area contributed by atoms with E-state index >= 15 is 0 Å². The van der Waals surface area contributed by atoms with Crippen molar-refractivity contribution in [1.82, 2.24) is 10.2 Å². The summed E-state index contributed by atoms with van der Waals surface area (Å²) < 4.78 is 5.36. The average molecular weight is 554 g/mol. The third kappa shape index (κ3) is 9.57. The van der Waals surface area contributed by atoms with Gasteiger partial charge in [-0.15, -0.1) is 0 Å². The van der Waals surface area contributed by atoms with Crippen molar-refractivity contribution in [1.29, 1.82) is 0 Å². The predicted octanol–water partition coefficient (Wildman–Crippen LogP) is 6.71. The molecule has 3 amide bonds. The largest absolute Gasteiger partial charge is 0.508 e. The molecule has 2 rings (SSSR count). The van der Waals surface area contributed by atoms with Gasteiger partial charge < -0.3 is 25.4 Å². The minimum atomic E-state index is -0.986. The topological polar surface area (TPSA) is 108 Å². The Morgan fingerprint density at radius 3 is 2.15 bits per heavy atom. The van der Waals surface area contributed by atoms with Crippen LogP contribution >= 0.6 is 0 Å². The number of hydrogen-bond acceptors (Lipinski definition) is 5. The number of para-hydroxylation sites is 1. The van der Waals surface area contributed by atoms with Crippen LogP contribution in [0.15, 0.2) is 36.4 Å². The van der Waals surface area contributed by atoms with Crippen molar-refractivity contribution in [3.63, 3.8) is 0 Å². The van der Waals surface area contributed by atoms with E-state index in [1.807, 2.05) is 32.0 Å². The summed E-state index contributed by atoms with van der Waals surface area (Å²) in [4.78, 5) is 42.0. The fourth-order valence-corrected chi connectivity index (χ4v) is 4.57. The van der Waals surface area contributed by atoms with Crippen LogP contribution in [0.1, 0.15) is 95.0 Å². The molecule has 0 saturated carbocycles. The van der Waals surface area contributed by atoms with Gasteiger partial charge >= 0.3 is 6.09 Å². The molecule has 40 heavy (non-hydrogen) atoms. The highest BCUT2D eigenvalue weighted by molar-refractivity contribution is 5.99. The molecule has 0 aliphatic carbocycles. The first kappa shape index (κ1) is 32.7. The minimum absolute atomic E-state index is 0.107. The van der Waals surface area contributed by atoms with E-state index in [-0.39, 0.29) is 11.7 Å². The SMILES string of the molecule is CCCCCCCN(C(=O)C(C)NC(=O)OC(C)(C)C)C(C(=O)Nc1c(C)cccc1C)c1ccc(O)c(C)c1. The fourth-order valence-electron chi connectivity index (χ4n) is 4.57. The molecule has 0 saturated heterocycles. The van der Waals surface area contributed by atoms with Crippen molar-refractivity contribution in [3.8, 4) is 5.75 Å². The van der Waals surface area contributed by atoms with E-state index in [4.69, 9.17) is 4.74 Å². The molecule has 0 radical (unpaired) electrons. The lowest BCUT2D eigenvalue weighted by Crippen LogP contribution is -2.51. The molecule has 2 aromatic carbocycles. The number of anilines is 1. The number of rotatable bonds is 12. The van der Waals surface area contributed by atoms with Crippen molar-refractivity contribution in [3.05, 3.63) is 58.7 Å². The maximum Gasteiger partial charge on any atom is 0.408 e. The van der Waals surface area contributed by atoms with Crippen LogP contribution in [0, 0.1) is 20.8 Å². The molecule has 0 aliphatic rings. The zero-order valence-corrected chi connectivity index (χ0v) is 25.4. The molecule has 3 N–H and O–H groups in total. The molecule has 2 aromatic rings. The van der Waals surface area contributed by atoms with Gasteiger partial charge in [-0.2, -0.15) is 0 Å². The van der Waals surface area contributed by atoms with Gasteiger partial charge in [0.25, 0.3) is 5.91 Å². The summed E-state index contributed by atoms with van der Waals surface area (Å²) in [5.41, 5.74) is 2.97. The summed E-state index contributed by atoms with van der Waals surface area (Å²) in [6.07, 6.45) is 4.13. The molecule has 220 valence electrons. The van der Waals surface area contributed by atoms with E-state index in [2.05, 4.69) is 17.6 Å². The summed E-state index contributed by atoms with van der Waals surface area (Å²) in [6, 6.07) is 8.79. The van der Waals surface area contributed by atoms with Gasteiger partial charge in [0.2, 0.25) is 5.91 Å². The van der Waals surface area contributed by atoms with Gasteiger partial charge in [-0.05, 0) is 89.3 Å². The van der Waals surface area contributed by atoms with E-state index in [1.54, 1.807) is 51.7 Å². The Balaban J connectivity index is 2.50. The fraction of sp³-hybridized carbons (Fsp3) is 0.531. The number of nitrogens with one attached hydrogen (secondary N) is 2. The summed E-state index contributed by atoms with van der Waals surface area (Å²) in [5, 5.41) is 15.9. The molecule has 0 bridgehead atoms. The molecule has 2 atom stereocenters. The van der Waals surface area contributed by atoms with E-state index in [1.165, 1.54) is 6.07 Å². The molecule has 8 nitrogen and oxygen atoms in total.